The Morgan fingerprint density at radius 2 is 1.83 bits per heavy atom. The zero-order valence-electron chi connectivity index (χ0n) is 23.2. The van der Waals surface area contributed by atoms with Gasteiger partial charge in [0.15, 0.2) is 5.82 Å². The molecular weight excluding hydrogens is 542 g/mol. The van der Waals surface area contributed by atoms with Crippen LogP contribution in [0.25, 0.3) is 11.3 Å². The van der Waals surface area contributed by atoms with Gasteiger partial charge in [-0.25, -0.2) is 4.98 Å². The van der Waals surface area contributed by atoms with Crippen molar-refractivity contribution in [3.63, 3.8) is 0 Å². The first-order valence-electron chi connectivity index (χ1n) is 13.1. The number of carbonyl (C=O) groups excluding carboxylic acids is 1. The lowest BCUT2D eigenvalue weighted by Crippen LogP contribution is -2.44. The van der Waals surface area contributed by atoms with Gasteiger partial charge in [-0.1, -0.05) is 36.4 Å². The molecule has 11 nitrogen and oxygen atoms in total. The van der Waals surface area contributed by atoms with Gasteiger partial charge in [0.2, 0.25) is 11.9 Å². The number of para-hydroxylation sites is 1. The first-order valence-corrected chi connectivity index (χ1v) is 13.5. The number of hydrogen-bond acceptors (Lipinski definition) is 9. The highest BCUT2D eigenvalue weighted by Crippen LogP contribution is 2.39. The van der Waals surface area contributed by atoms with E-state index in [2.05, 4.69) is 54.4 Å². The number of anilines is 6. The molecule has 0 aliphatic carbocycles. The lowest BCUT2D eigenvalue weighted by Gasteiger charge is -2.35. The minimum Gasteiger partial charge on any atom is -0.494 e. The maximum Gasteiger partial charge on any atom is 0.247 e. The molecule has 0 bridgehead atoms. The van der Waals surface area contributed by atoms with Gasteiger partial charge in [-0.15, -0.1) is 0 Å². The molecule has 0 saturated carbocycles. The molecule has 3 heterocycles. The first kappa shape index (κ1) is 27.9. The average molecular weight is 574 g/mol. The second-order valence-corrected chi connectivity index (χ2v) is 10.0. The van der Waals surface area contributed by atoms with Crippen molar-refractivity contribution >= 4 is 52.0 Å². The summed E-state index contributed by atoms with van der Waals surface area (Å²) in [6.45, 7) is 7.05. The number of rotatable bonds is 9. The van der Waals surface area contributed by atoms with E-state index < -0.39 is 0 Å². The number of aromatic nitrogens is 4. The predicted octanol–water partition coefficient (Wildman–Crippen LogP) is 4.90. The summed E-state index contributed by atoms with van der Waals surface area (Å²) < 4.78 is 7.48. The predicted molar refractivity (Wildman–Crippen MR) is 164 cm³/mol. The Labute approximate surface area is 243 Å². The van der Waals surface area contributed by atoms with E-state index in [-0.39, 0.29) is 5.91 Å². The van der Waals surface area contributed by atoms with E-state index >= 15 is 0 Å². The molecule has 4 aromatic rings. The number of amides is 1. The number of nitrogens with zero attached hydrogens (tertiary/aromatic N) is 6. The number of hydrogen-bond donors (Lipinski definition) is 3. The fraction of sp³-hybridized carbons (Fsp3) is 0.241. The van der Waals surface area contributed by atoms with Gasteiger partial charge in [0.1, 0.15) is 10.8 Å². The number of methoxy groups -OCH3 is 1. The second-order valence-electron chi connectivity index (χ2n) is 9.61. The van der Waals surface area contributed by atoms with Gasteiger partial charge in [0.05, 0.1) is 36.1 Å². The van der Waals surface area contributed by atoms with Crippen LogP contribution in [-0.2, 0) is 11.8 Å². The quantitative estimate of drug-likeness (QED) is 0.241. The van der Waals surface area contributed by atoms with Crippen molar-refractivity contribution < 1.29 is 9.53 Å². The molecule has 41 heavy (non-hydrogen) atoms. The minimum atomic E-state index is -0.308. The number of carbonyl (C=O) groups is 1. The lowest BCUT2D eigenvalue weighted by molar-refractivity contribution is -0.111. The van der Waals surface area contributed by atoms with E-state index in [4.69, 9.17) is 16.3 Å². The highest BCUT2D eigenvalue weighted by Gasteiger charge is 2.21. The fourth-order valence-electron chi connectivity index (χ4n) is 4.57. The van der Waals surface area contributed by atoms with Gasteiger partial charge >= 0.3 is 0 Å². The number of likely N-dealkylation sites (N-methyl/N-ethyl adjacent to an activating group) is 1. The monoisotopic (exact) mass is 573 g/mol. The van der Waals surface area contributed by atoms with Crippen LogP contribution in [0.1, 0.15) is 0 Å². The molecule has 5 rings (SSSR count). The molecule has 12 heteroatoms. The van der Waals surface area contributed by atoms with Gasteiger partial charge in [-0.3, -0.25) is 9.48 Å². The van der Waals surface area contributed by atoms with Crippen molar-refractivity contribution in [1.29, 1.82) is 0 Å². The molecular formula is C29H32ClN9O2. The topological polar surface area (TPSA) is 112 Å². The molecule has 212 valence electrons. The molecule has 2 aromatic carbocycles. The van der Waals surface area contributed by atoms with Crippen LogP contribution < -0.4 is 25.6 Å². The zero-order valence-corrected chi connectivity index (χ0v) is 23.9. The molecule has 0 spiro atoms. The Kier molecular flexibility index (Phi) is 8.37. The summed E-state index contributed by atoms with van der Waals surface area (Å²) in [5, 5.41) is 14.4. The van der Waals surface area contributed by atoms with Crippen LogP contribution in [0.15, 0.2) is 67.5 Å². The van der Waals surface area contributed by atoms with Crippen molar-refractivity contribution in [3.05, 3.63) is 72.5 Å². The molecule has 1 fully saturated rings. The van der Waals surface area contributed by atoms with Crippen molar-refractivity contribution in [2.75, 3.05) is 61.2 Å². The van der Waals surface area contributed by atoms with Gasteiger partial charge in [0, 0.05) is 56.7 Å². The van der Waals surface area contributed by atoms with Gasteiger partial charge in [-0.2, -0.15) is 10.1 Å². The fourth-order valence-corrected chi connectivity index (χ4v) is 4.70. The molecule has 1 aliphatic rings. The van der Waals surface area contributed by atoms with Crippen LogP contribution in [0.5, 0.6) is 5.75 Å². The van der Waals surface area contributed by atoms with Gasteiger partial charge in [0.25, 0.3) is 0 Å². The Hall–Kier alpha value is -4.61. The smallest absolute Gasteiger partial charge is 0.247 e. The Morgan fingerprint density at radius 1 is 1.05 bits per heavy atom. The van der Waals surface area contributed by atoms with Crippen molar-refractivity contribution in [1.82, 2.24) is 24.6 Å². The third-order valence-electron chi connectivity index (χ3n) is 6.77. The number of benzene rings is 2. The molecule has 0 atom stereocenters. The van der Waals surface area contributed by atoms with E-state index in [1.54, 1.807) is 11.8 Å². The average Bonchev–Trinajstić information content (AvgIpc) is 3.41. The van der Waals surface area contributed by atoms with E-state index in [1.807, 2.05) is 55.7 Å². The number of halogens is 1. The second kappa shape index (κ2) is 12.3. The summed E-state index contributed by atoms with van der Waals surface area (Å²) in [6.07, 6.45) is 4.65. The minimum absolute atomic E-state index is 0.291. The summed E-state index contributed by atoms with van der Waals surface area (Å²) in [5.41, 5.74) is 4.58. The van der Waals surface area contributed by atoms with Crippen LogP contribution in [0.4, 0.5) is 34.5 Å². The molecule has 1 aliphatic heterocycles. The van der Waals surface area contributed by atoms with E-state index in [9.17, 15) is 4.79 Å². The standard InChI is InChI=1S/C29H32ClN9O2/c1-5-27(40)32-23-16-24(26(41-4)17-25(23)39-14-12-37(2)13-15-39)34-29-31-18-20(30)28(35-29)33-21-9-7-6-8-19(21)22-10-11-38(3)36-22/h5-11,16-18H,1,12-15H2,2-4H3,(H,32,40)(H2,31,33,34,35). The number of ether oxygens (including phenoxy) is 1. The van der Waals surface area contributed by atoms with Crippen LogP contribution in [0.3, 0.4) is 0 Å². The van der Waals surface area contributed by atoms with E-state index in [1.165, 1.54) is 12.3 Å². The third kappa shape index (κ3) is 6.42. The van der Waals surface area contributed by atoms with Gasteiger partial charge in [-0.05, 0) is 31.3 Å². The first-order chi connectivity index (χ1) is 19.8. The van der Waals surface area contributed by atoms with Gasteiger partial charge < -0.3 is 30.5 Å². The van der Waals surface area contributed by atoms with Crippen molar-refractivity contribution in [2.24, 2.45) is 7.05 Å². The van der Waals surface area contributed by atoms with Crippen LogP contribution in [-0.4, -0.2) is 70.9 Å². The summed E-state index contributed by atoms with van der Waals surface area (Å²) in [5.74, 6) is 0.973. The number of piperazine rings is 1. The molecule has 3 N–H and O–H groups in total. The van der Waals surface area contributed by atoms with E-state index in [0.29, 0.717) is 33.9 Å². The maximum atomic E-state index is 12.3. The van der Waals surface area contributed by atoms with E-state index in [0.717, 1.165) is 48.8 Å². The Morgan fingerprint density at radius 3 is 2.54 bits per heavy atom. The van der Waals surface area contributed by atoms with Crippen LogP contribution in [0, 0.1) is 0 Å². The maximum absolute atomic E-state index is 12.3. The largest absolute Gasteiger partial charge is 0.494 e. The third-order valence-corrected chi connectivity index (χ3v) is 7.04. The Bertz CT molecular complexity index is 1560. The highest BCUT2D eigenvalue weighted by atomic mass is 35.5. The summed E-state index contributed by atoms with van der Waals surface area (Å²) in [7, 11) is 5.57. The normalized spacial score (nSPS) is 13.5. The number of aryl methyl sites for hydroxylation is 1. The molecule has 0 unspecified atom stereocenters. The summed E-state index contributed by atoms with van der Waals surface area (Å²) in [4.78, 5) is 25.8. The van der Waals surface area contributed by atoms with Crippen LogP contribution >= 0.6 is 11.6 Å². The Balaban J connectivity index is 1.46. The van der Waals surface area contributed by atoms with Crippen LogP contribution in [0.2, 0.25) is 5.02 Å². The lowest BCUT2D eigenvalue weighted by atomic mass is 10.1. The summed E-state index contributed by atoms with van der Waals surface area (Å²) >= 11 is 6.50. The number of nitrogens with one attached hydrogen (secondary N) is 3. The summed E-state index contributed by atoms with van der Waals surface area (Å²) in [6, 6.07) is 13.4. The zero-order chi connectivity index (χ0) is 28.9. The SMILES string of the molecule is C=CC(=O)Nc1cc(Nc2ncc(Cl)c(Nc3ccccc3-c3ccn(C)n3)n2)c(OC)cc1N1CCN(C)CC1. The molecule has 1 amide bonds. The van der Waals surface area contributed by atoms with Crippen molar-refractivity contribution in [3.8, 4) is 17.0 Å². The molecule has 1 saturated heterocycles. The molecule has 2 aromatic heterocycles. The highest BCUT2D eigenvalue weighted by molar-refractivity contribution is 6.33. The molecule has 0 radical (unpaired) electrons. The van der Waals surface area contributed by atoms with Crippen molar-refractivity contribution in [2.45, 2.75) is 0 Å².